The van der Waals surface area contributed by atoms with Crippen molar-refractivity contribution < 1.29 is 0 Å². The molecule has 0 amide bonds. The molecule has 20 aromatic carbocycles. The van der Waals surface area contributed by atoms with Crippen LogP contribution in [0, 0.1) is 0 Å². The molecule has 128 heavy (non-hydrogen) atoms. The molecular weight excluding hydrogens is 1570 g/mol. The van der Waals surface area contributed by atoms with Crippen molar-refractivity contribution in [2.75, 3.05) is 9.80 Å². The minimum Gasteiger partial charge on any atom is -0.310 e. The quantitative estimate of drug-likeness (QED) is 0.108. The summed E-state index contributed by atoms with van der Waals surface area (Å²) in [5, 5.41) is 10.0. The van der Waals surface area contributed by atoms with Crippen LogP contribution in [0.1, 0.15) is 44.5 Å². The molecule has 4 aromatic heterocycles. The summed E-state index contributed by atoms with van der Waals surface area (Å²) in [5.74, 6) is 0. The lowest BCUT2D eigenvalue weighted by Crippen LogP contribution is -2.28. The summed E-state index contributed by atoms with van der Waals surface area (Å²) in [7, 11) is 0. The maximum atomic E-state index is 2.49. The van der Waals surface area contributed by atoms with Gasteiger partial charge in [-0.15, -0.1) is 11.3 Å². The Labute approximate surface area is 746 Å². The van der Waals surface area contributed by atoms with E-state index >= 15 is 0 Å². The Bertz CT molecular complexity index is 8240. The van der Waals surface area contributed by atoms with Gasteiger partial charge in [-0.2, -0.15) is 0 Å². The number of nitrogens with zero attached hydrogens (tertiary/aromatic N) is 5. The van der Waals surface area contributed by atoms with Crippen LogP contribution in [0.5, 0.6) is 0 Å². The van der Waals surface area contributed by atoms with Gasteiger partial charge in [-0.05, 0) is 206 Å². The van der Waals surface area contributed by atoms with E-state index in [-0.39, 0.29) is 0 Å². The number of para-hydroxylation sites is 7. The molecule has 0 N–H and O–H groups in total. The van der Waals surface area contributed by atoms with Crippen LogP contribution in [0.25, 0.3) is 136 Å². The van der Waals surface area contributed by atoms with E-state index in [1.165, 1.54) is 169 Å². The fraction of sp³-hybridized carbons (Fsp3) is 0.0164. The maximum absolute atomic E-state index is 2.49. The normalized spacial score (nSPS) is 12.8. The second kappa shape index (κ2) is 30.3. The number of hydrogen-bond donors (Lipinski definition) is 0. The fourth-order valence-electron chi connectivity index (χ4n) is 21.7. The molecule has 0 fully saturated rings. The largest absolute Gasteiger partial charge is 0.310 e. The predicted octanol–water partition coefficient (Wildman–Crippen LogP) is 32.4. The van der Waals surface area contributed by atoms with Gasteiger partial charge in [0.2, 0.25) is 0 Å². The third-order valence-electron chi connectivity index (χ3n) is 27.0. The molecule has 0 bridgehead atoms. The van der Waals surface area contributed by atoms with Crippen LogP contribution in [-0.2, 0) is 10.8 Å². The third-order valence-corrected chi connectivity index (χ3v) is 28.2. The van der Waals surface area contributed by atoms with Crippen molar-refractivity contribution in [2.24, 2.45) is 0 Å². The van der Waals surface area contributed by atoms with E-state index in [1.807, 2.05) is 11.3 Å². The molecule has 0 radical (unpaired) electrons. The Kier molecular flexibility index (Phi) is 17.6. The smallest absolute Gasteiger partial charge is 0.0715 e. The minimum atomic E-state index is -0.636. The molecule has 0 saturated carbocycles. The molecule has 600 valence electrons. The van der Waals surface area contributed by atoms with Crippen LogP contribution in [0.3, 0.4) is 0 Å². The Morgan fingerprint density at radius 2 is 0.508 bits per heavy atom. The standard InChI is InChI=1S/C67H45N3.C55H36N2S/c1-5-20-46(21-6-1)47-36-38-51(39-37-47)69-61-32-16-13-30-56(61)57-42-40-53(45-65(57)69)68(50-26-11-4-12-27-50)52-41-43-58-60(44-52)67(48-22-7-2-8-23-48,49-24-9-3-10-25-49)59-31-19-35-64(66(58)59)70-62-33-17-14-28-54(62)55-29-15-18-34-63(55)70;1-4-17-37(18-5-1)55(38-19-6-2-7-20-38)47-26-16-29-51(57-49-27-13-10-23-42(49)43-24-11-14-28-50(43)57)54(47)45-33-31-41(36-48(45)55)56(39-21-8-3-9-22-39)40-32-34-53-46(35-40)44-25-12-15-30-52(44)58-53/h1-45H;1-36H. The van der Waals surface area contributed by atoms with E-state index in [2.05, 4.69) is 515 Å². The number of aromatic nitrogens is 3. The highest BCUT2D eigenvalue weighted by Gasteiger charge is 2.50. The van der Waals surface area contributed by atoms with E-state index in [1.54, 1.807) is 0 Å². The summed E-state index contributed by atoms with van der Waals surface area (Å²) in [6.07, 6.45) is 0. The van der Waals surface area contributed by atoms with E-state index in [4.69, 9.17) is 0 Å². The van der Waals surface area contributed by atoms with Crippen LogP contribution in [0.2, 0.25) is 0 Å². The summed E-state index contributed by atoms with van der Waals surface area (Å²) in [6, 6.07) is 181. The number of rotatable bonds is 14. The monoisotopic (exact) mass is 1650 g/mol. The SMILES string of the molecule is c1ccc(-c2ccc(-n3c4ccccc4c4ccc(N(c5ccccc5)c5ccc6c(c5)C(c5ccccc5)(c5ccccc5)c5cccc(-n7c8ccccc8c8ccccc87)c5-6)cc43)cc2)cc1.c1ccc(N(c2ccc3c(c2)C(c2ccccc2)(c2ccccc2)c2cccc(-n4c5ccccc5c5ccccc54)c2-3)c2ccc3sc4ccccc4c3c2)cc1. The first kappa shape index (κ1) is 74.3. The zero-order chi connectivity index (χ0) is 84.4. The van der Waals surface area contributed by atoms with Gasteiger partial charge in [0, 0.05) is 103 Å². The molecule has 0 saturated heterocycles. The second-order valence-electron chi connectivity index (χ2n) is 33.7. The first-order chi connectivity index (χ1) is 63.5. The zero-order valence-corrected chi connectivity index (χ0v) is 70.7. The molecule has 26 rings (SSSR count). The predicted molar refractivity (Wildman–Crippen MR) is 538 cm³/mol. The molecule has 5 nitrogen and oxygen atoms in total. The Balaban J connectivity index is 0.000000141. The molecule has 0 atom stereocenters. The van der Waals surface area contributed by atoms with Crippen molar-refractivity contribution in [1.82, 2.24) is 13.7 Å². The highest BCUT2D eigenvalue weighted by Crippen LogP contribution is 2.62. The van der Waals surface area contributed by atoms with E-state index in [0.29, 0.717) is 0 Å². The average molecular weight is 1650 g/mol. The van der Waals surface area contributed by atoms with Crippen LogP contribution in [0.15, 0.2) is 491 Å². The molecular formula is C122H81N5S. The molecule has 2 aliphatic carbocycles. The van der Waals surface area contributed by atoms with Crippen LogP contribution >= 0.6 is 11.3 Å². The van der Waals surface area contributed by atoms with E-state index < -0.39 is 10.8 Å². The van der Waals surface area contributed by atoms with Gasteiger partial charge in [0.25, 0.3) is 0 Å². The highest BCUT2D eigenvalue weighted by molar-refractivity contribution is 7.25. The highest BCUT2D eigenvalue weighted by atomic mass is 32.1. The Morgan fingerprint density at radius 1 is 0.188 bits per heavy atom. The van der Waals surface area contributed by atoms with Crippen molar-refractivity contribution in [3.8, 4) is 50.4 Å². The summed E-state index contributed by atoms with van der Waals surface area (Å²) in [5.41, 5.74) is 33.4. The van der Waals surface area contributed by atoms with Crippen molar-refractivity contribution in [2.45, 2.75) is 10.8 Å². The number of anilines is 6. The third kappa shape index (κ3) is 11.5. The summed E-state index contributed by atoms with van der Waals surface area (Å²) < 4.78 is 10.0. The molecule has 2 aliphatic rings. The molecule has 24 aromatic rings. The van der Waals surface area contributed by atoms with Crippen molar-refractivity contribution in [3.05, 3.63) is 536 Å². The van der Waals surface area contributed by atoms with Crippen molar-refractivity contribution in [1.29, 1.82) is 0 Å². The minimum absolute atomic E-state index is 0.589. The lowest BCUT2D eigenvalue weighted by molar-refractivity contribution is 0.768. The second-order valence-corrected chi connectivity index (χ2v) is 34.7. The average Bonchev–Trinajstić information content (AvgIpc) is 1.52. The fourth-order valence-corrected chi connectivity index (χ4v) is 22.8. The molecule has 4 heterocycles. The van der Waals surface area contributed by atoms with Crippen LogP contribution < -0.4 is 9.80 Å². The molecule has 0 aliphatic heterocycles. The van der Waals surface area contributed by atoms with Gasteiger partial charge in [-0.3, -0.25) is 0 Å². The number of benzene rings is 20. The molecule has 6 heteroatoms. The zero-order valence-electron chi connectivity index (χ0n) is 69.9. The van der Waals surface area contributed by atoms with E-state index in [0.717, 1.165) is 45.3 Å². The van der Waals surface area contributed by atoms with Gasteiger partial charge in [0.15, 0.2) is 0 Å². The van der Waals surface area contributed by atoms with Gasteiger partial charge in [0.1, 0.15) is 0 Å². The van der Waals surface area contributed by atoms with Gasteiger partial charge in [0.05, 0.1) is 55.3 Å². The van der Waals surface area contributed by atoms with Gasteiger partial charge in [-0.1, -0.05) is 352 Å². The first-order valence-corrected chi connectivity index (χ1v) is 44.9. The lowest BCUT2D eigenvalue weighted by atomic mass is 9.67. The lowest BCUT2D eigenvalue weighted by Gasteiger charge is -2.35. The van der Waals surface area contributed by atoms with Crippen molar-refractivity contribution >= 4 is 131 Å². The molecule has 0 spiro atoms. The summed E-state index contributed by atoms with van der Waals surface area (Å²) in [6.45, 7) is 0. The maximum Gasteiger partial charge on any atom is 0.0715 e. The van der Waals surface area contributed by atoms with Crippen LogP contribution in [0.4, 0.5) is 34.1 Å². The summed E-state index contributed by atoms with van der Waals surface area (Å²) in [4.78, 5) is 4.88. The number of hydrogen-bond acceptors (Lipinski definition) is 3. The van der Waals surface area contributed by atoms with Gasteiger partial charge in [-0.25, -0.2) is 0 Å². The summed E-state index contributed by atoms with van der Waals surface area (Å²) >= 11 is 1.86. The molecule has 0 unspecified atom stereocenters. The number of thiophene rings is 1. The Hall–Kier alpha value is -16.4. The van der Waals surface area contributed by atoms with Gasteiger partial charge < -0.3 is 23.5 Å². The number of fused-ring (bicyclic) bond motifs is 18. The van der Waals surface area contributed by atoms with Crippen molar-refractivity contribution in [3.63, 3.8) is 0 Å². The Morgan fingerprint density at radius 3 is 0.938 bits per heavy atom. The van der Waals surface area contributed by atoms with Gasteiger partial charge >= 0.3 is 0 Å². The van der Waals surface area contributed by atoms with E-state index in [9.17, 15) is 0 Å². The van der Waals surface area contributed by atoms with Crippen LogP contribution in [-0.4, -0.2) is 13.7 Å². The topological polar surface area (TPSA) is 21.3 Å². The first-order valence-electron chi connectivity index (χ1n) is 44.1.